The van der Waals surface area contributed by atoms with E-state index in [1.807, 2.05) is 13.2 Å². The lowest BCUT2D eigenvalue weighted by Gasteiger charge is -2.25. The van der Waals surface area contributed by atoms with Crippen molar-refractivity contribution in [2.45, 2.75) is 31.4 Å². The second-order valence-electron chi connectivity index (χ2n) is 6.25. The molecule has 3 rings (SSSR count). The van der Waals surface area contributed by atoms with Gasteiger partial charge in [0.1, 0.15) is 5.82 Å². The van der Waals surface area contributed by atoms with Crippen LogP contribution in [0, 0.1) is 5.82 Å². The minimum Gasteiger partial charge on any atom is -0.376 e. The van der Waals surface area contributed by atoms with Gasteiger partial charge in [-0.3, -0.25) is 4.68 Å². The minimum atomic E-state index is -0.296. The van der Waals surface area contributed by atoms with Gasteiger partial charge in [-0.2, -0.15) is 5.10 Å². The second-order valence-corrected chi connectivity index (χ2v) is 6.25. The highest BCUT2D eigenvalue weighted by atomic mass is 19.1. The van der Waals surface area contributed by atoms with Gasteiger partial charge in [-0.05, 0) is 42.5 Å². The summed E-state index contributed by atoms with van der Waals surface area (Å²) in [5.41, 5.74) is 1.91. The number of nitrogens with one attached hydrogen (secondary N) is 2. The molecule has 0 spiro atoms. The predicted molar refractivity (Wildman–Crippen MR) is 91.6 cm³/mol. The van der Waals surface area contributed by atoms with Crippen molar-refractivity contribution in [3.05, 3.63) is 53.6 Å². The molecule has 2 aromatic rings. The maximum Gasteiger partial charge on any atom is 0.315 e. The summed E-state index contributed by atoms with van der Waals surface area (Å²) in [6.07, 6.45) is 6.17. The van der Waals surface area contributed by atoms with E-state index in [0.717, 1.165) is 24.0 Å². The van der Waals surface area contributed by atoms with Gasteiger partial charge in [-0.1, -0.05) is 12.1 Å². The number of aromatic nitrogens is 2. The summed E-state index contributed by atoms with van der Waals surface area (Å²) < 4.78 is 20.6. The number of carbonyl (C=O) groups excluding carboxylic acids is 1. The van der Waals surface area contributed by atoms with Crippen LogP contribution in [0.1, 0.15) is 30.0 Å². The third-order valence-corrected chi connectivity index (χ3v) is 4.31. The minimum absolute atomic E-state index is 0.0884. The molecular formula is C18H23FN4O2. The van der Waals surface area contributed by atoms with Crippen LogP contribution in [0.2, 0.25) is 0 Å². The summed E-state index contributed by atoms with van der Waals surface area (Å²) >= 11 is 0. The lowest BCUT2D eigenvalue weighted by molar-refractivity contribution is 0.0807. The summed E-state index contributed by atoms with van der Waals surface area (Å²) in [4.78, 5) is 12.3. The number of amides is 2. The Morgan fingerprint density at radius 2 is 2.24 bits per heavy atom. The van der Waals surface area contributed by atoms with Gasteiger partial charge in [0.15, 0.2) is 0 Å². The van der Waals surface area contributed by atoms with E-state index in [4.69, 9.17) is 4.74 Å². The van der Waals surface area contributed by atoms with Crippen molar-refractivity contribution in [1.82, 2.24) is 20.4 Å². The molecule has 0 aliphatic carbocycles. The van der Waals surface area contributed by atoms with Crippen LogP contribution in [0.4, 0.5) is 9.18 Å². The molecule has 2 heterocycles. The van der Waals surface area contributed by atoms with Crippen LogP contribution in [-0.4, -0.2) is 35.1 Å². The van der Waals surface area contributed by atoms with E-state index >= 15 is 0 Å². The Kier molecular flexibility index (Phi) is 5.65. The Bertz CT molecular complexity index is 695. The number of hydrogen-bond acceptors (Lipinski definition) is 3. The number of halogens is 1. The third kappa shape index (κ3) is 4.79. The second kappa shape index (κ2) is 8.11. The van der Waals surface area contributed by atoms with E-state index in [1.165, 1.54) is 12.1 Å². The van der Waals surface area contributed by atoms with Gasteiger partial charge in [-0.15, -0.1) is 0 Å². The SMILES string of the molecule is Cn1cc(CCNC(=O)N[C@@H](c2ccc(F)cc2)[C@H]2CCCO2)cn1. The van der Waals surface area contributed by atoms with Crippen LogP contribution in [0.3, 0.4) is 0 Å². The quantitative estimate of drug-likeness (QED) is 0.843. The van der Waals surface area contributed by atoms with E-state index in [9.17, 15) is 9.18 Å². The van der Waals surface area contributed by atoms with Crippen molar-refractivity contribution in [3.63, 3.8) is 0 Å². The number of carbonyl (C=O) groups is 1. The Morgan fingerprint density at radius 1 is 1.44 bits per heavy atom. The van der Waals surface area contributed by atoms with Crippen molar-refractivity contribution < 1.29 is 13.9 Å². The van der Waals surface area contributed by atoms with Gasteiger partial charge in [0, 0.05) is 26.4 Å². The first-order valence-corrected chi connectivity index (χ1v) is 8.51. The van der Waals surface area contributed by atoms with Gasteiger partial charge >= 0.3 is 6.03 Å². The molecular weight excluding hydrogens is 323 g/mol. The number of urea groups is 1. The first-order valence-electron chi connectivity index (χ1n) is 8.51. The molecule has 2 N–H and O–H groups in total. The summed E-state index contributed by atoms with van der Waals surface area (Å²) in [7, 11) is 1.86. The topological polar surface area (TPSA) is 68.2 Å². The molecule has 1 saturated heterocycles. The van der Waals surface area contributed by atoms with E-state index in [0.29, 0.717) is 19.6 Å². The molecule has 0 radical (unpaired) electrons. The molecule has 0 unspecified atom stereocenters. The average molecular weight is 346 g/mol. The standard InChI is InChI=1S/C18H23FN4O2/c1-23-12-13(11-21-23)8-9-20-18(24)22-17(16-3-2-10-25-16)14-4-6-15(19)7-5-14/h4-7,11-12,16-17H,2-3,8-10H2,1H3,(H2,20,22,24)/t16-,17+/m1/s1. The van der Waals surface area contributed by atoms with Crippen LogP contribution in [0.5, 0.6) is 0 Å². The highest BCUT2D eigenvalue weighted by Gasteiger charge is 2.28. The average Bonchev–Trinajstić information content (AvgIpc) is 3.25. The molecule has 2 amide bonds. The maximum atomic E-state index is 13.2. The molecule has 134 valence electrons. The molecule has 6 nitrogen and oxygen atoms in total. The zero-order valence-electron chi connectivity index (χ0n) is 14.2. The fraction of sp³-hybridized carbons (Fsp3) is 0.444. The third-order valence-electron chi connectivity index (χ3n) is 4.31. The Hall–Kier alpha value is -2.41. The number of ether oxygens (including phenoxy) is 1. The maximum absolute atomic E-state index is 13.2. The summed E-state index contributed by atoms with van der Waals surface area (Å²) in [6, 6.07) is 5.64. The molecule has 1 fully saturated rings. The van der Waals surface area contributed by atoms with Gasteiger partial charge in [-0.25, -0.2) is 9.18 Å². The van der Waals surface area contributed by atoms with Gasteiger partial charge < -0.3 is 15.4 Å². The van der Waals surface area contributed by atoms with Crippen LogP contribution in [-0.2, 0) is 18.2 Å². The van der Waals surface area contributed by atoms with Gasteiger partial charge in [0.05, 0.1) is 18.3 Å². The summed E-state index contributed by atoms with van der Waals surface area (Å²) in [5, 5.41) is 9.93. The molecule has 1 aromatic carbocycles. The molecule has 7 heteroatoms. The molecule has 0 bridgehead atoms. The van der Waals surface area contributed by atoms with Crippen molar-refractivity contribution in [3.8, 4) is 0 Å². The van der Waals surface area contributed by atoms with E-state index < -0.39 is 0 Å². The first-order chi connectivity index (χ1) is 12.1. The monoisotopic (exact) mass is 346 g/mol. The van der Waals surface area contributed by atoms with Crippen LogP contribution >= 0.6 is 0 Å². The lowest BCUT2D eigenvalue weighted by Crippen LogP contribution is -2.42. The number of nitrogens with zero attached hydrogens (tertiary/aromatic N) is 2. The van der Waals surface area contributed by atoms with Crippen molar-refractivity contribution in [1.29, 1.82) is 0 Å². The number of rotatable bonds is 6. The van der Waals surface area contributed by atoms with E-state index in [1.54, 1.807) is 23.0 Å². The molecule has 1 aromatic heterocycles. The Morgan fingerprint density at radius 3 is 2.88 bits per heavy atom. The van der Waals surface area contributed by atoms with Crippen LogP contribution < -0.4 is 10.6 Å². The molecule has 0 saturated carbocycles. The van der Waals surface area contributed by atoms with Crippen LogP contribution in [0.25, 0.3) is 0 Å². The zero-order valence-corrected chi connectivity index (χ0v) is 14.2. The smallest absolute Gasteiger partial charge is 0.315 e. The number of aryl methyl sites for hydroxylation is 1. The molecule has 1 aliphatic rings. The largest absolute Gasteiger partial charge is 0.376 e. The van der Waals surface area contributed by atoms with Gasteiger partial charge in [0.25, 0.3) is 0 Å². The summed E-state index contributed by atoms with van der Waals surface area (Å²) in [5.74, 6) is -0.296. The van der Waals surface area contributed by atoms with Crippen molar-refractivity contribution in [2.24, 2.45) is 7.05 Å². The zero-order chi connectivity index (χ0) is 17.6. The highest BCUT2D eigenvalue weighted by molar-refractivity contribution is 5.74. The fourth-order valence-electron chi connectivity index (χ4n) is 3.04. The van der Waals surface area contributed by atoms with Gasteiger partial charge in [0.2, 0.25) is 0 Å². The van der Waals surface area contributed by atoms with E-state index in [-0.39, 0.29) is 24.0 Å². The summed E-state index contributed by atoms with van der Waals surface area (Å²) in [6.45, 7) is 1.20. The molecule has 25 heavy (non-hydrogen) atoms. The molecule has 2 atom stereocenters. The lowest BCUT2D eigenvalue weighted by atomic mass is 9.99. The Balaban J connectivity index is 1.57. The van der Waals surface area contributed by atoms with Crippen molar-refractivity contribution >= 4 is 6.03 Å². The normalized spacial score (nSPS) is 18.1. The van der Waals surface area contributed by atoms with Crippen molar-refractivity contribution in [2.75, 3.05) is 13.2 Å². The first kappa shape index (κ1) is 17.4. The Labute approximate surface area is 146 Å². The molecule has 1 aliphatic heterocycles. The van der Waals surface area contributed by atoms with E-state index in [2.05, 4.69) is 15.7 Å². The highest BCUT2D eigenvalue weighted by Crippen LogP contribution is 2.27. The van der Waals surface area contributed by atoms with Crippen LogP contribution in [0.15, 0.2) is 36.7 Å². The fourth-order valence-corrected chi connectivity index (χ4v) is 3.04. The number of benzene rings is 1. The predicted octanol–water partition coefficient (Wildman–Crippen LogP) is 2.32. The number of hydrogen-bond donors (Lipinski definition) is 2.